The molecule has 0 bridgehead atoms. The molecule has 0 aromatic rings. The normalized spacial score (nSPS) is 19.1. The van der Waals surface area contributed by atoms with Crippen LogP contribution in [0.1, 0.15) is 46.5 Å². The van der Waals surface area contributed by atoms with E-state index in [1.807, 2.05) is 0 Å². The van der Waals surface area contributed by atoms with Crippen molar-refractivity contribution in [3.05, 3.63) is 0 Å². The molecule has 1 rings (SSSR count). The van der Waals surface area contributed by atoms with E-state index >= 15 is 0 Å². The molecule has 0 aliphatic heterocycles. The molecule has 0 saturated heterocycles. The van der Waals surface area contributed by atoms with E-state index in [0.29, 0.717) is 12.0 Å². The van der Waals surface area contributed by atoms with Gasteiger partial charge in [-0.05, 0) is 38.0 Å². The third-order valence-corrected chi connectivity index (χ3v) is 3.37. The number of urea groups is 1. The third kappa shape index (κ3) is 5.38. The van der Waals surface area contributed by atoms with Gasteiger partial charge in [0.05, 0.1) is 6.61 Å². The topological polar surface area (TPSA) is 67.4 Å². The lowest BCUT2D eigenvalue weighted by Gasteiger charge is -2.34. The lowest BCUT2D eigenvalue weighted by Crippen LogP contribution is -2.45. The van der Waals surface area contributed by atoms with Gasteiger partial charge in [-0.2, -0.15) is 0 Å². The molecule has 1 fully saturated rings. The molecule has 18 heavy (non-hydrogen) atoms. The fourth-order valence-corrected chi connectivity index (χ4v) is 2.14. The Morgan fingerprint density at radius 1 is 1.28 bits per heavy atom. The predicted molar refractivity (Wildman–Crippen MR) is 69.2 cm³/mol. The molecule has 2 amide bonds. The van der Waals surface area contributed by atoms with E-state index in [-0.39, 0.29) is 18.6 Å². The van der Waals surface area contributed by atoms with Gasteiger partial charge < -0.3 is 15.4 Å². The largest absolute Gasteiger partial charge is 0.465 e. The fraction of sp³-hybridized carbons (Fsp3) is 0.846. The quantitative estimate of drug-likeness (QED) is 0.754. The summed E-state index contributed by atoms with van der Waals surface area (Å²) in [7, 11) is 0. The van der Waals surface area contributed by atoms with E-state index in [0.717, 1.165) is 25.7 Å². The maximum absolute atomic E-state index is 11.6. The lowest BCUT2D eigenvalue weighted by molar-refractivity contribution is -0.141. The van der Waals surface area contributed by atoms with Crippen molar-refractivity contribution in [3.63, 3.8) is 0 Å². The van der Waals surface area contributed by atoms with Crippen molar-refractivity contribution in [1.82, 2.24) is 10.6 Å². The van der Waals surface area contributed by atoms with E-state index in [4.69, 9.17) is 4.74 Å². The first-order chi connectivity index (χ1) is 8.43. The number of hydrogen-bond acceptors (Lipinski definition) is 3. The molecule has 0 radical (unpaired) electrons. The van der Waals surface area contributed by atoms with Gasteiger partial charge in [-0.15, -0.1) is 0 Å². The number of rotatable bonds is 4. The molecule has 5 nitrogen and oxygen atoms in total. The highest BCUT2D eigenvalue weighted by molar-refractivity contribution is 5.80. The summed E-state index contributed by atoms with van der Waals surface area (Å²) in [5, 5.41) is 5.41. The Bertz CT molecular complexity index is 293. The number of nitrogens with one attached hydrogen (secondary N) is 2. The second kappa shape index (κ2) is 6.61. The van der Waals surface area contributed by atoms with Gasteiger partial charge in [0, 0.05) is 6.04 Å². The molecule has 0 atom stereocenters. The summed E-state index contributed by atoms with van der Waals surface area (Å²) in [6.45, 7) is 6.51. The van der Waals surface area contributed by atoms with Crippen LogP contribution in [0.25, 0.3) is 0 Å². The minimum atomic E-state index is -0.405. The molecule has 1 saturated carbocycles. The molecule has 0 aromatic carbocycles. The molecule has 2 N–H and O–H groups in total. The van der Waals surface area contributed by atoms with E-state index in [1.165, 1.54) is 0 Å². The Morgan fingerprint density at radius 3 is 2.44 bits per heavy atom. The Balaban J connectivity index is 2.19. The van der Waals surface area contributed by atoms with Crippen LogP contribution in [-0.4, -0.2) is 31.2 Å². The van der Waals surface area contributed by atoms with Crippen molar-refractivity contribution in [2.24, 2.45) is 5.41 Å². The highest BCUT2D eigenvalue weighted by Crippen LogP contribution is 2.34. The van der Waals surface area contributed by atoms with Gasteiger partial charge in [-0.3, -0.25) is 4.79 Å². The van der Waals surface area contributed by atoms with Gasteiger partial charge >= 0.3 is 12.0 Å². The standard InChI is InChI=1S/C13H24N2O3/c1-4-18-11(16)9-14-12(17)15-10-5-7-13(2,3)8-6-10/h10H,4-9H2,1-3H3,(H2,14,15,17). The summed E-state index contributed by atoms with van der Waals surface area (Å²) in [5.41, 5.74) is 0.388. The zero-order chi connectivity index (χ0) is 13.6. The number of carbonyl (C=O) groups excluding carboxylic acids is 2. The third-order valence-electron chi connectivity index (χ3n) is 3.37. The molecular weight excluding hydrogens is 232 g/mol. The predicted octanol–water partition coefficient (Wildman–Crippen LogP) is 1.82. The van der Waals surface area contributed by atoms with Crippen molar-refractivity contribution in [2.75, 3.05) is 13.2 Å². The van der Waals surface area contributed by atoms with Crippen LogP contribution in [-0.2, 0) is 9.53 Å². The number of hydrogen-bond donors (Lipinski definition) is 2. The summed E-state index contributed by atoms with van der Waals surface area (Å²) in [6, 6.07) is -0.0621. The van der Waals surface area contributed by atoms with Gasteiger partial charge in [-0.1, -0.05) is 13.8 Å². The van der Waals surface area contributed by atoms with Crippen LogP contribution in [0.3, 0.4) is 0 Å². The van der Waals surface area contributed by atoms with Gasteiger partial charge in [-0.25, -0.2) is 4.79 Å². The second-order valence-electron chi connectivity index (χ2n) is 5.57. The Morgan fingerprint density at radius 2 is 1.89 bits per heavy atom. The molecule has 1 aliphatic rings. The zero-order valence-corrected chi connectivity index (χ0v) is 11.5. The van der Waals surface area contributed by atoms with Crippen molar-refractivity contribution in [2.45, 2.75) is 52.5 Å². The monoisotopic (exact) mass is 256 g/mol. The number of carbonyl (C=O) groups is 2. The van der Waals surface area contributed by atoms with Crippen molar-refractivity contribution in [3.8, 4) is 0 Å². The van der Waals surface area contributed by atoms with Crippen LogP contribution >= 0.6 is 0 Å². The first-order valence-corrected chi connectivity index (χ1v) is 6.63. The molecule has 0 heterocycles. The zero-order valence-electron chi connectivity index (χ0n) is 11.5. The molecule has 5 heteroatoms. The minimum Gasteiger partial charge on any atom is -0.465 e. The van der Waals surface area contributed by atoms with E-state index < -0.39 is 5.97 Å². The summed E-state index contributed by atoms with van der Waals surface area (Å²) in [6.07, 6.45) is 4.24. The van der Waals surface area contributed by atoms with Crippen molar-refractivity contribution in [1.29, 1.82) is 0 Å². The van der Waals surface area contributed by atoms with E-state index in [2.05, 4.69) is 24.5 Å². The van der Waals surface area contributed by atoms with E-state index in [1.54, 1.807) is 6.92 Å². The van der Waals surface area contributed by atoms with Crippen molar-refractivity contribution < 1.29 is 14.3 Å². The highest BCUT2D eigenvalue weighted by atomic mass is 16.5. The first-order valence-electron chi connectivity index (χ1n) is 6.63. The van der Waals surface area contributed by atoms with Crippen LogP contribution in [0.4, 0.5) is 4.79 Å². The second-order valence-corrected chi connectivity index (χ2v) is 5.57. The molecular formula is C13H24N2O3. The maximum atomic E-state index is 11.6. The average Bonchev–Trinajstić information content (AvgIpc) is 2.30. The minimum absolute atomic E-state index is 0.0715. The first kappa shape index (κ1) is 14.8. The molecule has 104 valence electrons. The molecule has 0 aromatic heterocycles. The van der Waals surface area contributed by atoms with Crippen LogP contribution in [0.5, 0.6) is 0 Å². The highest BCUT2D eigenvalue weighted by Gasteiger charge is 2.27. The summed E-state index contributed by atoms with van der Waals surface area (Å²) in [5.74, 6) is -0.405. The van der Waals surface area contributed by atoms with Gasteiger partial charge in [0.25, 0.3) is 0 Å². The van der Waals surface area contributed by atoms with Crippen LogP contribution in [0.2, 0.25) is 0 Å². The summed E-state index contributed by atoms with van der Waals surface area (Å²) >= 11 is 0. The van der Waals surface area contributed by atoms with Gasteiger partial charge in [0.1, 0.15) is 6.54 Å². The fourth-order valence-electron chi connectivity index (χ4n) is 2.14. The van der Waals surface area contributed by atoms with E-state index in [9.17, 15) is 9.59 Å². The summed E-state index contributed by atoms with van der Waals surface area (Å²) < 4.78 is 4.73. The van der Waals surface area contributed by atoms with Crippen LogP contribution in [0.15, 0.2) is 0 Å². The number of amides is 2. The smallest absolute Gasteiger partial charge is 0.325 e. The van der Waals surface area contributed by atoms with Gasteiger partial charge in [0.15, 0.2) is 0 Å². The number of ether oxygens (including phenoxy) is 1. The van der Waals surface area contributed by atoms with Crippen LogP contribution < -0.4 is 10.6 Å². The number of esters is 1. The van der Waals surface area contributed by atoms with Gasteiger partial charge in [0.2, 0.25) is 0 Å². The summed E-state index contributed by atoms with van der Waals surface area (Å²) in [4.78, 5) is 22.6. The Kier molecular flexibility index (Phi) is 5.44. The SMILES string of the molecule is CCOC(=O)CNC(=O)NC1CCC(C)(C)CC1. The maximum Gasteiger partial charge on any atom is 0.325 e. The molecule has 0 spiro atoms. The Labute approximate surface area is 109 Å². The van der Waals surface area contributed by atoms with Crippen molar-refractivity contribution >= 4 is 12.0 Å². The molecule has 1 aliphatic carbocycles. The van der Waals surface area contributed by atoms with Crippen LogP contribution in [0, 0.1) is 5.41 Å². The average molecular weight is 256 g/mol. The molecule has 0 unspecified atom stereocenters. The Hall–Kier alpha value is -1.26. The lowest BCUT2D eigenvalue weighted by atomic mass is 9.76.